The number of aromatic hydroxyl groups is 1. The molecule has 2 heterocycles. The fourth-order valence-corrected chi connectivity index (χ4v) is 3.46. The summed E-state index contributed by atoms with van der Waals surface area (Å²) >= 11 is 0. The van der Waals surface area contributed by atoms with Gasteiger partial charge in [0.2, 0.25) is 0 Å². The smallest absolute Gasteiger partial charge is 0.337 e. The van der Waals surface area contributed by atoms with E-state index in [2.05, 4.69) is 9.97 Å². The molecule has 36 heavy (non-hydrogen) atoms. The van der Waals surface area contributed by atoms with Crippen molar-refractivity contribution in [2.45, 2.75) is 20.8 Å². The van der Waals surface area contributed by atoms with E-state index in [0.717, 1.165) is 27.7 Å². The van der Waals surface area contributed by atoms with Crippen LogP contribution in [0.5, 0.6) is 5.75 Å². The van der Waals surface area contributed by atoms with E-state index in [1.165, 1.54) is 0 Å². The number of carboxylic acid groups (broad SMARTS) is 2. The van der Waals surface area contributed by atoms with Crippen LogP contribution < -0.4 is 0 Å². The van der Waals surface area contributed by atoms with Crippen LogP contribution in [0.4, 0.5) is 0 Å². The van der Waals surface area contributed by atoms with Gasteiger partial charge in [0.25, 0.3) is 0 Å². The van der Waals surface area contributed by atoms with Gasteiger partial charge in [-0.05, 0) is 62.7 Å². The molecule has 0 saturated heterocycles. The maximum atomic E-state index is 10.9. The third-order valence-electron chi connectivity index (χ3n) is 5.18. The van der Waals surface area contributed by atoms with Crippen LogP contribution in [0.25, 0.3) is 21.8 Å². The second-order valence-electron chi connectivity index (χ2n) is 8.11. The predicted octanol–water partition coefficient (Wildman–Crippen LogP) is 6.18. The zero-order valence-electron chi connectivity index (χ0n) is 20.1. The van der Waals surface area contributed by atoms with Gasteiger partial charge < -0.3 is 15.3 Å². The highest BCUT2D eigenvalue weighted by Gasteiger charge is 2.09. The number of hydrogen-bond acceptors (Lipinski definition) is 5. The average molecular weight is 483 g/mol. The fourth-order valence-electron chi connectivity index (χ4n) is 3.46. The van der Waals surface area contributed by atoms with E-state index in [4.69, 9.17) is 15.3 Å². The van der Waals surface area contributed by atoms with Crippen LogP contribution in [0.1, 0.15) is 37.7 Å². The number of pyridine rings is 2. The Morgan fingerprint density at radius 1 is 0.611 bits per heavy atom. The molecule has 0 saturated carbocycles. The third kappa shape index (κ3) is 6.64. The lowest BCUT2D eigenvalue weighted by Gasteiger charge is -2.01. The maximum Gasteiger partial charge on any atom is 0.337 e. The summed E-state index contributed by atoms with van der Waals surface area (Å²) in [7, 11) is 0. The van der Waals surface area contributed by atoms with E-state index in [9.17, 15) is 9.59 Å². The van der Waals surface area contributed by atoms with E-state index in [1.807, 2.05) is 69.3 Å². The number of para-hydroxylation sites is 2. The molecule has 5 rings (SSSR count). The summed E-state index contributed by atoms with van der Waals surface area (Å²) in [6.45, 7) is 5.63. The first-order valence-electron chi connectivity index (χ1n) is 11.1. The Hall–Kier alpha value is -4.78. The van der Waals surface area contributed by atoms with Gasteiger partial charge in [-0.15, -0.1) is 0 Å². The first kappa shape index (κ1) is 25.8. The second-order valence-corrected chi connectivity index (χ2v) is 8.11. The van der Waals surface area contributed by atoms with Crippen molar-refractivity contribution in [2.24, 2.45) is 0 Å². The van der Waals surface area contributed by atoms with E-state index in [1.54, 1.807) is 36.4 Å². The molecule has 3 aromatic carbocycles. The molecule has 0 bridgehead atoms. The molecule has 2 aromatic heterocycles. The molecule has 0 radical (unpaired) electrons. The summed E-state index contributed by atoms with van der Waals surface area (Å²) in [4.78, 5) is 30.2. The molecule has 7 nitrogen and oxygen atoms in total. The van der Waals surface area contributed by atoms with Crippen molar-refractivity contribution in [1.82, 2.24) is 9.97 Å². The van der Waals surface area contributed by atoms with Gasteiger partial charge in [-0.1, -0.05) is 48.5 Å². The number of nitrogens with zero attached hydrogens (tertiary/aromatic N) is 2. The van der Waals surface area contributed by atoms with E-state index in [0.29, 0.717) is 16.8 Å². The van der Waals surface area contributed by atoms with Gasteiger partial charge in [0.15, 0.2) is 0 Å². The minimum Gasteiger partial charge on any atom is -0.508 e. The van der Waals surface area contributed by atoms with Gasteiger partial charge >= 0.3 is 11.9 Å². The molecule has 3 N–H and O–H groups in total. The fraction of sp³-hybridized carbons (Fsp3) is 0.103. The number of aryl methyl sites for hydroxylation is 3. The molecular formula is C29H26N2O5. The molecule has 0 amide bonds. The van der Waals surface area contributed by atoms with E-state index >= 15 is 0 Å². The molecule has 0 unspecified atom stereocenters. The topological polar surface area (TPSA) is 121 Å². The molecule has 0 aliphatic rings. The average Bonchev–Trinajstić information content (AvgIpc) is 2.83. The molecule has 0 spiro atoms. The van der Waals surface area contributed by atoms with Gasteiger partial charge in [0, 0.05) is 22.2 Å². The summed E-state index contributed by atoms with van der Waals surface area (Å²) in [6, 6.07) is 24.9. The van der Waals surface area contributed by atoms with E-state index in [-0.39, 0.29) is 11.1 Å². The zero-order valence-corrected chi connectivity index (χ0v) is 20.1. The number of hydrogen-bond donors (Lipinski definition) is 3. The number of phenolic OH excluding ortho intramolecular Hbond substituents is 1. The Balaban J connectivity index is 0.000000157. The first-order chi connectivity index (χ1) is 17.2. The third-order valence-corrected chi connectivity index (χ3v) is 5.18. The Kier molecular flexibility index (Phi) is 8.30. The quantitative estimate of drug-likeness (QED) is 0.275. The van der Waals surface area contributed by atoms with Crippen LogP contribution in [0.15, 0.2) is 84.9 Å². The standard InChI is InChI=1S/2C11H9NO2.C7H8O/c2*1-7-5-6-8-3-2-4-9(11(13)14)10(8)12-7;1-6-3-2-4-7(8)5-6/h2*2-6H,1H3,(H,13,14);2-5,8H,1H3. The van der Waals surface area contributed by atoms with Crippen molar-refractivity contribution in [3.63, 3.8) is 0 Å². The van der Waals surface area contributed by atoms with E-state index < -0.39 is 11.9 Å². The minimum absolute atomic E-state index is 0.256. The highest BCUT2D eigenvalue weighted by atomic mass is 16.4. The second kappa shape index (κ2) is 11.6. The summed E-state index contributed by atoms with van der Waals surface area (Å²) in [5.74, 6) is -1.53. The summed E-state index contributed by atoms with van der Waals surface area (Å²) in [5.41, 5.74) is 4.36. The summed E-state index contributed by atoms with van der Waals surface area (Å²) in [5, 5.41) is 28.4. The maximum absolute atomic E-state index is 10.9. The normalized spacial score (nSPS) is 10.1. The highest BCUT2D eigenvalue weighted by molar-refractivity contribution is 6.02. The van der Waals surface area contributed by atoms with Crippen molar-refractivity contribution < 1.29 is 24.9 Å². The number of benzene rings is 3. The number of phenols is 1. The predicted molar refractivity (Wildman–Crippen MR) is 140 cm³/mol. The number of fused-ring (bicyclic) bond motifs is 2. The minimum atomic E-state index is -0.936. The molecule has 0 aliphatic heterocycles. The molecule has 7 heteroatoms. The first-order valence-corrected chi connectivity index (χ1v) is 11.1. The highest BCUT2D eigenvalue weighted by Crippen LogP contribution is 2.18. The van der Waals surface area contributed by atoms with Gasteiger partial charge in [-0.2, -0.15) is 0 Å². The number of carboxylic acids is 2. The number of rotatable bonds is 2. The van der Waals surface area contributed by atoms with Crippen molar-refractivity contribution in [3.8, 4) is 5.75 Å². The lowest BCUT2D eigenvalue weighted by atomic mass is 10.1. The van der Waals surface area contributed by atoms with Gasteiger partial charge in [0.1, 0.15) is 5.75 Å². The molecule has 5 aromatic rings. The monoisotopic (exact) mass is 482 g/mol. The lowest BCUT2D eigenvalue weighted by molar-refractivity contribution is 0.0688. The van der Waals surface area contributed by atoms with Crippen LogP contribution in [-0.2, 0) is 0 Å². The molecule has 0 fully saturated rings. The Morgan fingerprint density at radius 2 is 1.06 bits per heavy atom. The summed E-state index contributed by atoms with van der Waals surface area (Å²) < 4.78 is 0. The number of aromatic carboxylic acids is 2. The Morgan fingerprint density at radius 3 is 1.42 bits per heavy atom. The van der Waals surface area contributed by atoms with Gasteiger partial charge in [0.05, 0.1) is 22.2 Å². The van der Waals surface area contributed by atoms with Crippen LogP contribution >= 0.6 is 0 Å². The molecule has 0 aliphatic carbocycles. The summed E-state index contributed by atoms with van der Waals surface area (Å²) in [6.07, 6.45) is 0. The van der Waals surface area contributed by atoms with Gasteiger partial charge in [-0.25, -0.2) is 9.59 Å². The van der Waals surface area contributed by atoms with Crippen molar-refractivity contribution >= 4 is 33.7 Å². The number of aromatic nitrogens is 2. The zero-order chi connectivity index (χ0) is 26.2. The van der Waals surface area contributed by atoms with Crippen molar-refractivity contribution in [1.29, 1.82) is 0 Å². The molecular weight excluding hydrogens is 456 g/mol. The Bertz CT molecular complexity index is 1430. The largest absolute Gasteiger partial charge is 0.508 e. The van der Waals surface area contributed by atoms with Crippen molar-refractivity contribution in [2.75, 3.05) is 0 Å². The lowest BCUT2D eigenvalue weighted by Crippen LogP contribution is -1.99. The van der Waals surface area contributed by atoms with Crippen LogP contribution in [-0.4, -0.2) is 37.2 Å². The van der Waals surface area contributed by atoms with Crippen LogP contribution in [0.3, 0.4) is 0 Å². The molecule has 182 valence electrons. The van der Waals surface area contributed by atoms with Crippen LogP contribution in [0.2, 0.25) is 0 Å². The molecule has 0 atom stereocenters. The van der Waals surface area contributed by atoms with Gasteiger partial charge in [-0.3, -0.25) is 9.97 Å². The number of carbonyl (C=O) groups is 2. The Labute approximate surface area is 208 Å². The van der Waals surface area contributed by atoms with Crippen LogP contribution in [0, 0.1) is 20.8 Å². The van der Waals surface area contributed by atoms with Crippen molar-refractivity contribution in [3.05, 3.63) is 113 Å². The SMILES string of the molecule is Cc1ccc2cccc(C(=O)O)c2n1.Cc1ccc2cccc(C(=O)O)c2n1.Cc1cccc(O)c1.